The number of pyridine rings is 1. The highest BCUT2D eigenvalue weighted by molar-refractivity contribution is 6.31. The third-order valence-corrected chi connectivity index (χ3v) is 5.97. The molecule has 1 saturated heterocycles. The zero-order valence-electron chi connectivity index (χ0n) is 15.1. The first-order valence-electron chi connectivity index (χ1n) is 9.56. The number of rotatable bonds is 2. The van der Waals surface area contributed by atoms with Crippen LogP contribution in [0.15, 0.2) is 42.5 Å². The van der Waals surface area contributed by atoms with Crippen LogP contribution in [0.3, 0.4) is 0 Å². The maximum atomic E-state index is 14.1. The smallest absolute Gasteiger partial charge is 0.146 e. The molecule has 0 spiro atoms. The fourth-order valence-electron chi connectivity index (χ4n) is 4.45. The Morgan fingerprint density at radius 2 is 1.70 bits per heavy atom. The molecule has 5 heteroatoms. The van der Waals surface area contributed by atoms with Gasteiger partial charge in [0.1, 0.15) is 5.82 Å². The number of nitrogens with zero attached hydrogens (tertiary/aromatic N) is 3. The van der Waals surface area contributed by atoms with Gasteiger partial charge in [-0.3, -0.25) is 4.98 Å². The summed E-state index contributed by atoms with van der Waals surface area (Å²) < 4.78 is 14.1. The normalized spacial score (nSPS) is 16.8. The van der Waals surface area contributed by atoms with Gasteiger partial charge in [-0.05, 0) is 55.2 Å². The quantitative estimate of drug-likeness (QED) is 0.633. The van der Waals surface area contributed by atoms with Crippen molar-refractivity contribution >= 4 is 33.9 Å². The Hall–Kier alpha value is -2.33. The van der Waals surface area contributed by atoms with Gasteiger partial charge in [0.25, 0.3) is 0 Å². The molecule has 0 N–H and O–H groups in total. The summed E-state index contributed by atoms with van der Waals surface area (Å²) in [6, 6.07) is 13.0. The molecule has 1 aliphatic heterocycles. The molecule has 5 rings (SSSR count). The highest BCUT2D eigenvalue weighted by Crippen LogP contribution is 2.38. The second-order valence-electron chi connectivity index (χ2n) is 7.33. The van der Waals surface area contributed by atoms with Gasteiger partial charge in [-0.1, -0.05) is 23.7 Å². The standard InChI is InChI=1S/C22H21ClFN3/c23-15-8-9-20-17(14-15)22(16-4-3-6-19(16)25-20)27-12-10-26(11-13-27)21-7-2-1-5-18(21)24/h1-2,5,7-9,14H,3-4,6,10-13H2. The molecule has 27 heavy (non-hydrogen) atoms. The molecule has 1 aromatic heterocycles. The third kappa shape index (κ3) is 2.92. The molecule has 2 aromatic carbocycles. The molecule has 2 aliphatic rings. The Bertz CT molecular complexity index is 1010. The van der Waals surface area contributed by atoms with Crippen LogP contribution in [0.25, 0.3) is 10.9 Å². The van der Waals surface area contributed by atoms with Crippen LogP contribution >= 0.6 is 11.6 Å². The third-order valence-electron chi connectivity index (χ3n) is 5.73. The summed E-state index contributed by atoms with van der Waals surface area (Å²) in [6.07, 6.45) is 3.29. The maximum Gasteiger partial charge on any atom is 0.146 e. The van der Waals surface area contributed by atoms with Gasteiger partial charge < -0.3 is 9.80 Å². The van der Waals surface area contributed by atoms with Gasteiger partial charge in [0.05, 0.1) is 16.9 Å². The van der Waals surface area contributed by atoms with Crippen LogP contribution in [0, 0.1) is 5.82 Å². The number of benzene rings is 2. The average Bonchev–Trinajstić information content (AvgIpc) is 3.15. The van der Waals surface area contributed by atoms with E-state index in [2.05, 4.69) is 9.80 Å². The number of anilines is 2. The zero-order valence-corrected chi connectivity index (χ0v) is 15.8. The van der Waals surface area contributed by atoms with Crippen molar-refractivity contribution in [1.29, 1.82) is 0 Å². The minimum absolute atomic E-state index is 0.145. The average molecular weight is 382 g/mol. The van der Waals surface area contributed by atoms with Crippen molar-refractivity contribution in [3.63, 3.8) is 0 Å². The summed E-state index contributed by atoms with van der Waals surface area (Å²) in [5.41, 5.74) is 5.63. The molecule has 1 fully saturated rings. The molecule has 0 amide bonds. The van der Waals surface area contributed by atoms with Crippen molar-refractivity contribution in [3.05, 3.63) is 64.6 Å². The minimum atomic E-state index is -0.145. The van der Waals surface area contributed by atoms with Crippen molar-refractivity contribution in [2.75, 3.05) is 36.0 Å². The number of aromatic nitrogens is 1. The first-order valence-corrected chi connectivity index (χ1v) is 9.94. The fraction of sp³-hybridized carbons (Fsp3) is 0.318. The van der Waals surface area contributed by atoms with Gasteiger partial charge in [-0.15, -0.1) is 0 Å². The first-order chi connectivity index (χ1) is 13.2. The predicted octanol–water partition coefficient (Wildman–Crippen LogP) is 4.84. The Morgan fingerprint density at radius 3 is 2.52 bits per heavy atom. The molecular formula is C22H21ClFN3. The van der Waals surface area contributed by atoms with Gasteiger partial charge in [-0.25, -0.2) is 4.39 Å². The molecule has 138 valence electrons. The molecule has 0 bridgehead atoms. The van der Waals surface area contributed by atoms with E-state index in [-0.39, 0.29) is 5.82 Å². The van der Waals surface area contributed by atoms with Crippen LogP contribution in [-0.4, -0.2) is 31.2 Å². The van der Waals surface area contributed by atoms with Gasteiger partial charge in [-0.2, -0.15) is 0 Å². The second-order valence-corrected chi connectivity index (χ2v) is 7.76. The van der Waals surface area contributed by atoms with Crippen LogP contribution in [-0.2, 0) is 12.8 Å². The maximum absolute atomic E-state index is 14.1. The Morgan fingerprint density at radius 1 is 0.926 bits per heavy atom. The van der Waals surface area contributed by atoms with Gasteiger partial charge >= 0.3 is 0 Å². The molecular weight excluding hydrogens is 361 g/mol. The number of hydrogen-bond donors (Lipinski definition) is 0. The number of piperazine rings is 1. The molecule has 0 radical (unpaired) electrons. The lowest BCUT2D eigenvalue weighted by Crippen LogP contribution is -2.47. The monoisotopic (exact) mass is 381 g/mol. The molecule has 1 aliphatic carbocycles. The molecule has 3 nitrogen and oxygen atoms in total. The lowest BCUT2D eigenvalue weighted by molar-refractivity contribution is 0.598. The number of fused-ring (bicyclic) bond motifs is 2. The van der Waals surface area contributed by atoms with Gasteiger partial charge in [0, 0.05) is 42.3 Å². The number of halogens is 2. The highest BCUT2D eigenvalue weighted by Gasteiger charge is 2.26. The van der Waals surface area contributed by atoms with E-state index in [0.717, 1.165) is 61.4 Å². The van der Waals surface area contributed by atoms with E-state index >= 15 is 0 Å². The molecule has 0 atom stereocenters. The number of aryl methyl sites for hydroxylation is 1. The first kappa shape index (κ1) is 16.8. The lowest BCUT2D eigenvalue weighted by Gasteiger charge is -2.38. The van der Waals surface area contributed by atoms with E-state index in [1.807, 2.05) is 30.3 Å². The number of para-hydroxylation sites is 1. The van der Waals surface area contributed by atoms with Gasteiger partial charge in [0.2, 0.25) is 0 Å². The second kappa shape index (κ2) is 6.68. The van der Waals surface area contributed by atoms with Gasteiger partial charge in [0.15, 0.2) is 0 Å². The van der Waals surface area contributed by atoms with Crippen molar-refractivity contribution in [2.45, 2.75) is 19.3 Å². The summed E-state index contributed by atoms with van der Waals surface area (Å²) in [6.45, 7) is 3.35. The van der Waals surface area contributed by atoms with Crippen molar-refractivity contribution in [2.24, 2.45) is 0 Å². The summed E-state index contributed by atoms with van der Waals surface area (Å²) in [4.78, 5) is 9.47. The molecule has 2 heterocycles. The lowest BCUT2D eigenvalue weighted by atomic mass is 10.0. The number of hydrogen-bond acceptors (Lipinski definition) is 3. The summed E-state index contributed by atoms with van der Waals surface area (Å²) in [5.74, 6) is -0.145. The van der Waals surface area contributed by atoms with E-state index in [9.17, 15) is 4.39 Å². The highest BCUT2D eigenvalue weighted by atomic mass is 35.5. The topological polar surface area (TPSA) is 19.4 Å². The van der Waals surface area contributed by atoms with E-state index in [1.165, 1.54) is 23.0 Å². The van der Waals surface area contributed by atoms with Crippen LogP contribution < -0.4 is 9.80 Å². The summed E-state index contributed by atoms with van der Waals surface area (Å²) >= 11 is 6.30. The fourth-order valence-corrected chi connectivity index (χ4v) is 4.62. The van der Waals surface area contributed by atoms with Crippen LogP contribution in [0.2, 0.25) is 5.02 Å². The van der Waals surface area contributed by atoms with E-state index in [0.29, 0.717) is 5.69 Å². The van der Waals surface area contributed by atoms with Crippen molar-refractivity contribution in [3.8, 4) is 0 Å². The van der Waals surface area contributed by atoms with Crippen LogP contribution in [0.4, 0.5) is 15.8 Å². The molecule has 3 aromatic rings. The minimum Gasteiger partial charge on any atom is -0.367 e. The molecule has 0 unspecified atom stereocenters. The summed E-state index contributed by atoms with van der Waals surface area (Å²) in [5, 5.41) is 1.89. The van der Waals surface area contributed by atoms with E-state index < -0.39 is 0 Å². The SMILES string of the molecule is Fc1ccccc1N1CCN(c2c3c(nc4ccc(Cl)cc24)CCC3)CC1. The summed E-state index contributed by atoms with van der Waals surface area (Å²) in [7, 11) is 0. The Balaban J connectivity index is 1.50. The van der Waals surface area contributed by atoms with E-state index in [4.69, 9.17) is 16.6 Å². The molecule has 0 saturated carbocycles. The zero-order chi connectivity index (χ0) is 18.4. The largest absolute Gasteiger partial charge is 0.367 e. The predicted molar refractivity (Wildman–Crippen MR) is 110 cm³/mol. The van der Waals surface area contributed by atoms with E-state index in [1.54, 1.807) is 6.07 Å². The Labute approximate surface area is 163 Å². The van der Waals surface area contributed by atoms with Crippen LogP contribution in [0.1, 0.15) is 17.7 Å². The van der Waals surface area contributed by atoms with Crippen molar-refractivity contribution in [1.82, 2.24) is 4.98 Å². The Kier molecular flexibility index (Phi) is 4.16. The van der Waals surface area contributed by atoms with Crippen LogP contribution in [0.5, 0.6) is 0 Å². The van der Waals surface area contributed by atoms with Crippen molar-refractivity contribution < 1.29 is 4.39 Å².